The summed E-state index contributed by atoms with van der Waals surface area (Å²) in [6.45, 7) is 4.63. The highest BCUT2D eigenvalue weighted by Crippen LogP contribution is 2.31. The van der Waals surface area contributed by atoms with Crippen molar-refractivity contribution in [1.82, 2.24) is 9.62 Å². The lowest BCUT2D eigenvalue weighted by Gasteiger charge is -2.33. The Hall–Kier alpha value is -0.980. The third kappa shape index (κ3) is 2.36. The number of benzene rings is 1. The minimum absolute atomic E-state index is 0.0990. The van der Waals surface area contributed by atoms with Crippen molar-refractivity contribution in [2.45, 2.75) is 18.2 Å². The number of nitrogens with zero attached hydrogens (tertiary/aromatic N) is 1. The van der Waals surface area contributed by atoms with Crippen LogP contribution in [0, 0.1) is 24.6 Å². The summed E-state index contributed by atoms with van der Waals surface area (Å²) >= 11 is 0. The van der Waals surface area contributed by atoms with Gasteiger partial charge in [-0.2, -0.15) is 4.31 Å². The molecule has 2 aliphatic heterocycles. The number of aryl methyl sites for hydroxylation is 1. The monoisotopic (exact) mass is 298 g/mol. The topological polar surface area (TPSA) is 49.4 Å². The molecule has 4 nitrogen and oxygen atoms in total. The second kappa shape index (κ2) is 5.09. The Kier molecular flexibility index (Phi) is 3.56. The molecule has 1 aromatic rings. The summed E-state index contributed by atoms with van der Waals surface area (Å²) in [6, 6.07) is 3.94. The van der Waals surface area contributed by atoms with Crippen molar-refractivity contribution < 1.29 is 12.8 Å². The second-order valence-corrected chi connectivity index (χ2v) is 7.65. The SMILES string of the molecule is Cc1ccc(F)cc1S(=O)(=O)N1CCC2CNCC2C1. The van der Waals surface area contributed by atoms with Gasteiger partial charge in [0.2, 0.25) is 10.0 Å². The van der Waals surface area contributed by atoms with Crippen LogP contribution in [-0.2, 0) is 10.0 Å². The number of halogens is 1. The van der Waals surface area contributed by atoms with Crippen molar-refractivity contribution in [3.63, 3.8) is 0 Å². The van der Waals surface area contributed by atoms with Crippen molar-refractivity contribution in [1.29, 1.82) is 0 Å². The summed E-state index contributed by atoms with van der Waals surface area (Å²) < 4.78 is 40.3. The van der Waals surface area contributed by atoms with E-state index in [2.05, 4.69) is 5.32 Å². The van der Waals surface area contributed by atoms with Crippen LogP contribution in [0.5, 0.6) is 0 Å². The molecule has 0 aliphatic carbocycles. The predicted octanol–water partition coefficient (Wildman–Crippen LogP) is 1.36. The van der Waals surface area contributed by atoms with Gasteiger partial charge in [-0.1, -0.05) is 6.07 Å². The molecule has 2 fully saturated rings. The fourth-order valence-corrected chi connectivity index (χ4v) is 4.96. The zero-order valence-electron chi connectivity index (χ0n) is 11.5. The van der Waals surface area contributed by atoms with E-state index >= 15 is 0 Å². The van der Waals surface area contributed by atoms with Crippen LogP contribution in [0.15, 0.2) is 23.1 Å². The van der Waals surface area contributed by atoms with Crippen LogP contribution in [0.2, 0.25) is 0 Å². The van der Waals surface area contributed by atoms with Crippen LogP contribution in [0.25, 0.3) is 0 Å². The molecule has 2 saturated heterocycles. The highest BCUT2D eigenvalue weighted by Gasteiger charge is 2.38. The number of fused-ring (bicyclic) bond motifs is 1. The summed E-state index contributed by atoms with van der Waals surface area (Å²) in [5.41, 5.74) is 0.595. The molecule has 20 heavy (non-hydrogen) atoms. The molecule has 0 bridgehead atoms. The zero-order chi connectivity index (χ0) is 14.3. The number of rotatable bonds is 2. The van der Waals surface area contributed by atoms with Gasteiger partial charge in [0.25, 0.3) is 0 Å². The smallest absolute Gasteiger partial charge is 0.243 e. The van der Waals surface area contributed by atoms with Crippen molar-refractivity contribution in [3.05, 3.63) is 29.6 Å². The van der Waals surface area contributed by atoms with E-state index in [0.717, 1.165) is 25.6 Å². The minimum Gasteiger partial charge on any atom is -0.316 e. The van der Waals surface area contributed by atoms with Crippen LogP contribution in [-0.4, -0.2) is 38.9 Å². The van der Waals surface area contributed by atoms with Crippen LogP contribution < -0.4 is 5.32 Å². The van der Waals surface area contributed by atoms with Gasteiger partial charge in [0, 0.05) is 13.1 Å². The van der Waals surface area contributed by atoms with Gasteiger partial charge in [0.05, 0.1) is 4.90 Å². The molecule has 0 radical (unpaired) electrons. The van der Waals surface area contributed by atoms with Crippen LogP contribution in [0.1, 0.15) is 12.0 Å². The van der Waals surface area contributed by atoms with Crippen molar-refractivity contribution in [2.75, 3.05) is 26.2 Å². The predicted molar refractivity (Wildman–Crippen MR) is 74.4 cm³/mol. The Labute approximate surface area is 119 Å². The van der Waals surface area contributed by atoms with E-state index in [-0.39, 0.29) is 4.90 Å². The van der Waals surface area contributed by atoms with E-state index in [1.807, 2.05) is 0 Å². The summed E-state index contributed by atoms with van der Waals surface area (Å²) in [7, 11) is -3.59. The normalized spacial score (nSPS) is 27.5. The summed E-state index contributed by atoms with van der Waals surface area (Å²) in [5.74, 6) is 0.453. The Morgan fingerprint density at radius 3 is 2.85 bits per heavy atom. The number of hydrogen-bond acceptors (Lipinski definition) is 3. The van der Waals surface area contributed by atoms with Gasteiger partial charge in [0.1, 0.15) is 5.82 Å². The van der Waals surface area contributed by atoms with Gasteiger partial charge in [-0.15, -0.1) is 0 Å². The average Bonchev–Trinajstić information content (AvgIpc) is 2.88. The molecule has 2 unspecified atom stereocenters. The van der Waals surface area contributed by atoms with Gasteiger partial charge < -0.3 is 5.32 Å². The highest BCUT2D eigenvalue weighted by atomic mass is 32.2. The molecule has 1 aromatic carbocycles. The molecule has 0 spiro atoms. The molecular formula is C14H19FN2O2S. The molecular weight excluding hydrogens is 279 g/mol. The maximum Gasteiger partial charge on any atom is 0.243 e. The standard InChI is InChI=1S/C14H19FN2O2S/c1-10-2-3-13(15)6-14(10)20(18,19)17-5-4-11-7-16-8-12(11)9-17/h2-3,6,11-12,16H,4-5,7-9H2,1H3. The molecule has 2 aliphatic rings. The zero-order valence-corrected chi connectivity index (χ0v) is 12.3. The van der Waals surface area contributed by atoms with E-state index in [0.29, 0.717) is 30.5 Å². The van der Waals surface area contributed by atoms with E-state index in [9.17, 15) is 12.8 Å². The third-order valence-electron chi connectivity index (χ3n) is 4.44. The molecule has 0 amide bonds. The number of piperidine rings is 1. The first-order chi connectivity index (χ1) is 9.48. The van der Waals surface area contributed by atoms with Crippen molar-refractivity contribution in [2.24, 2.45) is 11.8 Å². The Bertz CT molecular complexity index is 618. The fourth-order valence-electron chi connectivity index (χ4n) is 3.21. The molecule has 1 N–H and O–H groups in total. The van der Waals surface area contributed by atoms with Crippen molar-refractivity contribution >= 4 is 10.0 Å². The molecule has 6 heteroatoms. The van der Waals surface area contributed by atoms with E-state index in [1.54, 1.807) is 6.92 Å². The number of nitrogens with one attached hydrogen (secondary N) is 1. The largest absolute Gasteiger partial charge is 0.316 e. The van der Waals surface area contributed by atoms with Crippen molar-refractivity contribution in [3.8, 4) is 0 Å². The van der Waals surface area contributed by atoms with Gasteiger partial charge in [-0.25, -0.2) is 12.8 Å². The first-order valence-electron chi connectivity index (χ1n) is 6.95. The summed E-state index contributed by atoms with van der Waals surface area (Å²) in [6.07, 6.45) is 0.880. The number of sulfonamides is 1. The molecule has 2 heterocycles. The maximum absolute atomic E-state index is 13.4. The van der Waals surface area contributed by atoms with Crippen LogP contribution in [0.4, 0.5) is 4.39 Å². The number of hydrogen-bond donors (Lipinski definition) is 1. The summed E-state index contributed by atoms with van der Waals surface area (Å²) in [5, 5.41) is 3.32. The molecule has 2 atom stereocenters. The van der Waals surface area contributed by atoms with E-state index in [4.69, 9.17) is 0 Å². The highest BCUT2D eigenvalue weighted by molar-refractivity contribution is 7.89. The van der Waals surface area contributed by atoms with Gasteiger partial charge in [-0.3, -0.25) is 0 Å². The van der Waals surface area contributed by atoms with Gasteiger partial charge >= 0.3 is 0 Å². The minimum atomic E-state index is -3.59. The Morgan fingerprint density at radius 2 is 2.05 bits per heavy atom. The van der Waals surface area contributed by atoms with Crippen LogP contribution in [0.3, 0.4) is 0 Å². The molecule has 0 saturated carbocycles. The third-order valence-corrected chi connectivity index (χ3v) is 6.44. The van der Waals surface area contributed by atoms with E-state index < -0.39 is 15.8 Å². The molecule has 110 valence electrons. The molecule has 3 rings (SSSR count). The van der Waals surface area contributed by atoms with Gasteiger partial charge in [-0.05, 0) is 56.0 Å². The lowest BCUT2D eigenvalue weighted by Crippen LogP contribution is -2.43. The lowest BCUT2D eigenvalue weighted by atomic mass is 9.90. The first kappa shape index (κ1) is 14.0. The average molecular weight is 298 g/mol. The Balaban J connectivity index is 1.90. The first-order valence-corrected chi connectivity index (χ1v) is 8.39. The van der Waals surface area contributed by atoms with Gasteiger partial charge in [0.15, 0.2) is 0 Å². The quantitative estimate of drug-likeness (QED) is 0.897. The van der Waals surface area contributed by atoms with Crippen LogP contribution >= 0.6 is 0 Å². The lowest BCUT2D eigenvalue weighted by molar-refractivity contribution is 0.228. The van der Waals surface area contributed by atoms with E-state index in [1.165, 1.54) is 16.4 Å². The fraction of sp³-hybridized carbons (Fsp3) is 0.571. The second-order valence-electron chi connectivity index (χ2n) is 5.74. The molecule has 0 aromatic heterocycles. The Morgan fingerprint density at radius 1 is 1.30 bits per heavy atom. The summed E-state index contributed by atoms with van der Waals surface area (Å²) in [4.78, 5) is 0.0990. The maximum atomic E-state index is 13.4.